The Morgan fingerprint density at radius 3 is 2.44 bits per heavy atom. The molecule has 6 heteroatoms. The van der Waals surface area contributed by atoms with E-state index >= 15 is 0 Å². The fourth-order valence-corrected chi connectivity index (χ4v) is 4.24. The zero-order chi connectivity index (χ0) is 19.2. The van der Waals surface area contributed by atoms with Crippen molar-refractivity contribution in [3.05, 3.63) is 35.6 Å². The number of nitrogens with zero attached hydrogens (tertiary/aromatic N) is 2. The molecule has 0 aliphatic carbocycles. The van der Waals surface area contributed by atoms with Gasteiger partial charge in [-0.2, -0.15) is 0 Å². The molecule has 27 heavy (non-hydrogen) atoms. The van der Waals surface area contributed by atoms with Gasteiger partial charge in [0.25, 0.3) is 0 Å². The number of halogens is 1. The van der Waals surface area contributed by atoms with Gasteiger partial charge in [0.2, 0.25) is 5.91 Å². The Morgan fingerprint density at radius 1 is 1.11 bits per heavy atom. The topological polar surface area (TPSA) is 64.0 Å². The van der Waals surface area contributed by atoms with Crippen LogP contribution in [-0.2, 0) is 11.2 Å². The molecule has 3 rings (SSSR count). The van der Waals surface area contributed by atoms with Gasteiger partial charge in [0.1, 0.15) is 5.82 Å². The highest BCUT2D eigenvalue weighted by atomic mass is 19.1. The van der Waals surface area contributed by atoms with Crippen molar-refractivity contribution >= 4 is 5.91 Å². The number of aryl methyl sites for hydroxylation is 1. The molecule has 0 radical (unpaired) electrons. The van der Waals surface area contributed by atoms with Gasteiger partial charge in [0.15, 0.2) is 0 Å². The highest BCUT2D eigenvalue weighted by Crippen LogP contribution is 2.26. The average Bonchev–Trinajstić information content (AvgIpc) is 3.08. The van der Waals surface area contributed by atoms with Gasteiger partial charge in [0, 0.05) is 51.7 Å². The van der Waals surface area contributed by atoms with E-state index < -0.39 is 0 Å². The molecular weight excluding hydrogens is 347 g/mol. The van der Waals surface area contributed by atoms with Crippen molar-refractivity contribution in [3.8, 4) is 0 Å². The van der Waals surface area contributed by atoms with E-state index in [4.69, 9.17) is 0 Å². The number of aliphatic hydroxyl groups excluding tert-OH is 2. The summed E-state index contributed by atoms with van der Waals surface area (Å²) in [6.45, 7) is 4.12. The summed E-state index contributed by atoms with van der Waals surface area (Å²) in [5, 5.41) is 19.4. The molecule has 5 nitrogen and oxygen atoms in total. The van der Waals surface area contributed by atoms with E-state index in [-0.39, 0.29) is 30.4 Å². The third kappa shape index (κ3) is 5.74. The summed E-state index contributed by atoms with van der Waals surface area (Å²) in [5.74, 6) is 0.340. The van der Waals surface area contributed by atoms with E-state index in [1.807, 2.05) is 4.90 Å². The Hall–Kier alpha value is -1.50. The molecule has 2 aliphatic rings. The number of benzene rings is 1. The second-order valence-corrected chi connectivity index (χ2v) is 8.01. The monoisotopic (exact) mass is 378 g/mol. The van der Waals surface area contributed by atoms with Gasteiger partial charge in [-0.15, -0.1) is 0 Å². The van der Waals surface area contributed by atoms with Crippen molar-refractivity contribution in [1.29, 1.82) is 0 Å². The maximum atomic E-state index is 12.9. The standard InChI is InChI=1S/C21H31FN2O3/c22-19-6-4-16(5-7-19)2-1-3-21(27)24-13-17(18(14-24)15-25)12-23-10-8-20(26)9-11-23/h4-7,17-18,20,25-26H,1-3,8-15H2/t17-,18-/m1/s1. The van der Waals surface area contributed by atoms with Crippen LogP contribution in [0.2, 0.25) is 0 Å². The molecule has 2 N–H and O–H groups in total. The minimum absolute atomic E-state index is 0.112. The average molecular weight is 378 g/mol. The molecule has 0 aromatic heterocycles. The Balaban J connectivity index is 1.44. The largest absolute Gasteiger partial charge is 0.396 e. The summed E-state index contributed by atoms with van der Waals surface area (Å²) in [5.41, 5.74) is 1.05. The van der Waals surface area contributed by atoms with Crippen LogP contribution >= 0.6 is 0 Å². The second-order valence-electron chi connectivity index (χ2n) is 8.01. The van der Waals surface area contributed by atoms with Crippen LogP contribution in [0.5, 0.6) is 0 Å². The second kappa shape index (κ2) is 9.62. The molecule has 2 heterocycles. The van der Waals surface area contributed by atoms with Crippen molar-refractivity contribution in [1.82, 2.24) is 9.80 Å². The number of carbonyl (C=O) groups is 1. The minimum atomic E-state index is -0.240. The number of rotatable bonds is 7. The molecule has 2 saturated heterocycles. The summed E-state index contributed by atoms with van der Waals surface area (Å²) in [7, 11) is 0. The first kappa shape index (κ1) is 20.2. The molecule has 1 amide bonds. The lowest BCUT2D eigenvalue weighted by atomic mass is 9.95. The zero-order valence-electron chi connectivity index (χ0n) is 15.9. The highest BCUT2D eigenvalue weighted by Gasteiger charge is 2.35. The van der Waals surface area contributed by atoms with Gasteiger partial charge in [-0.3, -0.25) is 4.79 Å². The quantitative estimate of drug-likeness (QED) is 0.758. The maximum absolute atomic E-state index is 12.9. The summed E-state index contributed by atoms with van der Waals surface area (Å²) >= 11 is 0. The predicted octanol–water partition coefficient (Wildman–Crippen LogP) is 1.67. The van der Waals surface area contributed by atoms with Crippen molar-refractivity contribution in [2.45, 2.75) is 38.2 Å². The van der Waals surface area contributed by atoms with Crippen LogP contribution in [0.1, 0.15) is 31.2 Å². The van der Waals surface area contributed by atoms with Crippen molar-refractivity contribution in [2.24, 2.45) is 11.8 Å². The molecule has 1 aromatic rings. The van der Waals surface area contributed by atoms with Gasteiger partial charge in [-0.1, -0.05) is 12.1 Å². The Kier molecular flexibility index (Phi) is 7.21. The fourth-order valence-electron chi connectivity index (χ4n) is 4.24. The predicted molar refractivity (Wildman–Crippen MR) is 102 cm³/mol. The molecule has 0 unspecified atom stereocenters. The van der Waals surface area contributed by atoms with Gasteiger partial charge >= 0.3 is 0 Å². The van der Waals surface area contributed by atoms with Crippen LogP contribution in [0.4, 0.5) is 4.39 Å². The minimum Gasteiger partial charge on any atom is -0.396 e. The third-order valence-electron chi connectivity index (χ3n) is 5.98. The van der Waals surface area contributed by atoms with Crippen LogP contribution in [-0.4, -0.2) is 71.4 Å². The number of amides is 1. The first-order chi connectivity index (χ1) is 13.0. The molecule has 150 valence electrons. The Bertz CT molecular complexity index is 602. The molecule has 0 spiro atoms. The van der Waals surface area contributed by atoms with Crippen molar-refractivity contribution in [2.75, 3.05) is 39.3 Å². The highest BCUT2D eigenvalue weighted by molar-refractivity contribution is 5.76. The smallest absolute Gasteiger partial charge is 0.222 e. The van der Waals surface area contributed by atoms with E-state index in [1.165, 1.54) is 12.1 Å². The Labute approximate surface area is 160 Å². The first-order valence-electron chi connectivity index (χ1n) is 10.1. The van der Waals surface area contributed by atoms with Gasteiger partial charge in [0.05, 0.1) is 6.10 Å². The van der Waals surface area contributed by atoms with Gasteiger partial charge in [-0.25, -0.2) is 4.39 Å². The molecule has 2 atom stereocenters. The number of hydrogen-bond acceptors (Lipinski definition) is 4. The SMILES string of the molecule is O=C(CCCc1ccc(F)cc1)N1C[C@@H](CN2CCC(O)CC2)[C@@H](CO)C1. The summed E-state index contributed by atoms with van der Waals surface area (Å²) < 4.78 is 12.9. The lowest BCUT2D eigenvalue weighted by Crippen LogP contribution is -2.40. The molecule has 2 aliphatic heterocycles. The summed E-state index contributed by atoms with van der Waals surface area (Å²) in [6.07, 6.45) is 3.43. The van der Waals surface area contributed by atoms with Crippen LogP contribution < -0.4 is 0 Å². The van der Waals surface area contributed by atoms with E-state index in [2.05, 4.69) is 4.90 Å². The zero-order valence-corrected chi connectivity index (χ0v) is 15.9. The van der Waals surface area contributed by atoms with E-state index in [0.29, 0.717) is 25.4 Å². The van der Waals surface area contributed by atoms with Crippen LogP contribution in [0.15, 0.2) is 24.3 Å². The lowest BCUT2D eigenvalue weighted by molar-refractivity contribution is -0.130. The van der Waals surface area contributed by atoms with E-state index in [1.54, 1.807) is 12.1 Å². The Morgan fingerprint density at radius 2 is 1.78 bits per heavy atom. The van der Waals surface area contributed by atoms with Crippen LogP contribution in [0.3, 0.4) is 0 Å². The molecule has 0 saturated carbocycles. The van der Waals surface area contributed by atoms with Gasteiger partial charge in [-0.05, 0) is 49.3 Å². The third-order valence-corrected chi connectivity index (χ3v) is 5.98. The van der Waals surface area contributed by atoms with Crippen molar-refractivity contribution in [3.63, 3.8) is 0 Å². The van der Waals surface area contributed by atoms with Crippen LogP contribution in [0.25, 0.3) is 0 Å². The van der Waals surface area contributed by atoms with E-state index in [0.717, 1.165) is 50.9 Å². The van der Waals surface area contributed by atoms with E-state index in [9.17, 15) is 19.4 Å². The summed E-state index contributed by atoms with van der Waals surface area (Å²) in [4.78, 5) is 16.8. The number of likely N-dealkylation sites (tertiary alicyclic amines) is 2. The van der Waals surface area contributed by atoms with Crippen molar-refractivity contribution < 1.29 is 19.4 Å². The number of aliphatic hydroxyl groups is 2. The molecule has 0 bridgehead atoms. The fraction of sp³-hybridized carbons (Fsp3) is 0.667. The van der Waals surface area contributed by atoms with Crippen LogP contribution in [0, 0.1) is 17.7 Å². The van der Waals surface area contributed by atoms with Gasteiger partial charge < -0.3 is 20.0 Å². The lowest BCUT2D eigenvalue weighted by Gasteiger charge is -2.32. The first-order valence-corrected chi connectivity index (χ1v) is 10.1. The summed E-state index contributed by atoms with van der Waals surface area (Å²) in [6, 6.07) is 6.44. The number of carbonyl (C=O) groups excluding carboxylic acids is 1. The number of piperidine rings is 1. The molecule has 1 aromatic carbocycles. The maximum Gasteiger partial charge on any atom is 0.222 e. The number of hydrogen-bond donors (Lipinski definition) is 2. The normalized spacial score (nSPS) is 24.5. The molecular formula is C21H31FN2O3. The molecule has 2 fully saturated rings.